The zero-order valence-electron chi connectivity index (χ0n) is 20.8. The fourth-order valence-corrected chi connectivity index (χ4v) is 3.18. The second-order valence-electron chi connectivity index (χ2n) is 8.49. The van der Waals surface area contributed by atoms with E-state index in [2.05, 4.69) is 32.8 Å². The number of hydrogen-bond donors (Lipinski definition) is 5. The molecular formula is C23H41N5O5. The standard InChI is InChI=1S/C23H41N5O5/c1-8-12-23(5,28-19(30)15(3)4)18(29)14-16(11-10-13-26-22(24-6)25-7)20(31)27-17(9-2)21(32)33/h8,15-17H,1,9-14H2,2-7H3,(H,27,31)(H,28,30)(H,32,33)(H2,24,25,26)/t16-,17+,23-/m1/s1. The molecule has 0 aliphatic rings. The van der Waals surface area contributed by atoms with Gasteiger partial charge >= 0.3 is 5.97 Å². The van der Waals surface area contributed by atoms with Crippen molar-refractivity contribution in [3.8, 4) is 0 Å². The van der Waals surface area contributed by atoms with E-state index in [1.165, 1.54) is 0 Å². The topological polar surface area (TPSA) is 149 Å². The zero-order chi connectivity index (χ0) is 25.6. The Hall–Kier alpha value is -2.91. The van der Waals surface area contributed by atoms with Crippen molar-refractivity contribution in [1.29, 1.82) is 0 Å². The van der Waals surface area contributed by atoms with Crippen molar-refractivity contribution in [1.82, 2.24) is 21.3 Å². The average Bonchev–Trinajstić information content (AvgIpc) is 2.76. The predicted molar refractivity (Wildman–Crippen MR) is 129 cm³/mol. The Morgan fingerprint density at radius 3 is 2.27 bits per heavy atom. The molecule has 0 rings (SSSR count). The van der Waals surface area contributed by atoms with Gasteiger partial charge in [-0.15, -0.1) is 6.58 Å². The highest BCUT2D eigenvalue weighted by atomic mass is 16.4. The summed E-state index contributed by atoms with van der Waals surface area (Å²) >= 11 is 0. The predicted octanol–water partition coefficient (Wildman–Crippen LogP) is 1.22. The van der Waals surface area contributed by atoms with Crippen LogP contribution < -0.4 is 21.3 Å². The molecule has 0 spiro atoms. The van der Waals surface area contributed by atoms with Crippen LogP contribution in [-0.2, 0) is 19.2 Å². The Labute approximate surface area is 197 Å². The van der Waals surface area contributed by atoms with Crippen molar-refractivity contribution in [3.63, 3.8) is 0 Å². The van der Waals surface area contributed by atoms with Gasteiger partial charge in [-0.25, -0.2) is 4.79 Å². The van der Waals surface area contributed by atoms with Gasteiger partial charge in [0.2, 0.25) is 11.8 Å². The first-order valence-electron chi connectivity index (χ1n) is 11.3. The summed E-state index contributed by atoms with van der Waals surface area (Å²) in [4.78, 5) is 53.8. The molecule has 0 aromatic carbocycles. The third kappa shape index (κ3) is 10.5. The number of carbonyl (C=O) groups is 4. The van der Waals surface area contributed by atoms with Crippen molar-refractivity contribution < 1.29 is 24.3 Å². The summed E-state index contributed by atoms with van der Waals surface area (Å²) < 4.78 is 0. The first-order chi connectivity index (χ1) is 15.4. The van der Waals surface area contributed by atoms with Crippen LogP contribution in [0.4, 0.5) is 0 Å². The summed E-state index contributed by atoms with van der Waals surface area (Å²) in [7, 11) is 3.36. The third-order valence-electron chi connectivity index (χ3n) is 5.40. The lowest BCUT2D eigenvalue weighted by atomic mass is 9.84. The Bertz CT molecular complexity index is 722. The quantitative estimate of drug-likeness (QED) is 0.105. The maximum Gasteiger partial charge on any atom is 0.326 e. The molecule has 3 atom stereocenters. The molecule has 10 nitrogen and oxygen atoms in total. The summed E-state index contributed by atoms with van der Waals surface area (Å²) in [5.74, 6) is -2.66. The Morgan fingerprint density at radius 2 is 1.82 bits per heavy atom. The van der Waals surface area contributed by atoms with Crippen LogP contribution in [0.3, 0.4) is 0 Å². The summed E-state index contributed by atoms with van der Waals surface area (Å²) in [6.45, 7) is 10.9. The lowest BCUT2D eigenvalue weighted by Crippen LogP contribution is -2.54. The van der Waals surface area contributed by atoms with E-state index in [0.29, 0.717) is 25.3 Å². The molecule has 0 aromatic rings. The number of hydrogen-bond acceptors (Lipinski definition) is 5. The van der Waals surface area contributed by atoms with Crippen LogP contribution in [0.15, 0.2) is 17.6 Å². The molecule has 0 fully saturated rings. The van der Waals surface area contributed by atoms with Gasteiger partial charge in [0, 0.05) is 38.9 Å². The van der Waals surface area contributed by atoms with Gasteiger partial charge in [-0.05, 0) is 32.6 Å². The molecule has 0 radical (unpaired) electrons. The molecule has 5 N–H and O–H groups in total. The fourth-order valence-electron chi connectivity index (χ4n) is 3.18. The maximum atomic E-state index is 13.2. The lowest BCUT2D eigenvalue weighted by molar-refractivity contribution is -0.143. The minimum absolute atomic E-state index is 0.134. The van der Waals surface area contributed by atoms with Crippen LogP contribution in [-0.4, -0.2) is 66.9 Å². The van der Waals surface area contributed by atoms with Crippen LogP contribution in [0.25, 0.3) is 0 Å². The van der Waals surface area contributed by atoms with Gasteiger partial charge in [0.05, 0.1) is 5.54 Å². The number of rotatable bonds is 15. The van der Waals surface area contributed by atoms with E-state index in [9.17, 15) is 24.3 Å². The monoisotopic (exact) mass is 467 g/mol. The Kier molecular flexibility index (Phi) is 13.7. The van der Waals surface area contributed by atoms with Gasteiger partial charge < -0.3 is 26.4 Å². The van der Waals surface area contributed by atoms with Gasteiger partial charge in [-0.1, -0.05) is 26.8 Å². The van der Waals surface area contributed by atoms with E-state index < -0.39 is 29.4 Å². The molecule has 0 bridgehead atoms. The van der Waals surface area contributed by atoms with Crippen LogP contribution in [0.5, 0.6) is 0 Å². The molecule has 0 unspecified atom stereocenters. The van der Waals surface area contributed by atoms with Crippen molar-refractivity contribution in [3.05, 3.63) is 12.7 Å². The van der Waals surface area contributed by atoms with Crippen molar-refractivity contribution in [2.24, 2.45) is 16.8 Å². The van der Waals surface area contributed by atoms with Gasteiger partial charge in [0.25, 0.3) is 0 Å². The number of carboxylic acid groups (broad SMARTS) is 1. The second-order valence-corrected chi connectivity index (χ2v) is 8.49. The number of guanidine groups is 1. The minimum Gasteiger partial charge on any atom is -0.480 e. The number of ketones is 1. The second kappa shape index (κ2) is 15.0. The average molecular weight is 468 g/mol. The van der Waals surface area contributed by atoms with Gasteiger partial charge in [-0.3, -0.25) is 19.4 Å². The van der Waals surface area contributed by atoms with Crippen LogP contribution in [0.2, 0.25) is 0 Å². The summed E-state index contributed by atoms with van der Waals surface area (Å²) in [5, 5.41) is 20.6. The molecular weight excluding hydrogens is 426 g/mol. The van der Waals surface area contributed by atoms with E-state index in [0.717, 1.165) is 0 Å². The maximum absolute atomic E-state index is 13.2. The SMILES string of the molecule is C=CC[C@@](C)(NC(=O)C(C)C)C(=O)C[C@@H](CCCNC(=NC)NC)C(=O)N[C@@H](CC)C(=O)O. The number of aliphatic carboxylic acids is 1. The normalized spacial score (nSPS) is 15.1. The summed E-state index contributed by atoms with van der Waals surface area (Å²) in [6, 6.07) is -1.03. The molecule has 0 aliphatic heterocycles. The molecule has 0 saturated heterocycles. The van der Waals surface area contributed by atoms with Crippen molar-refractivity contribution in [2.45, 2.75) is 71.4 Å². The third-order valence-corrected chi connectivity index (χ3v) is 5.40. The highest BCUT2D eigenvalue weighted by molar-refractivity contribution is 5.96. The fraction of sp³-hybridized carbons (Fsp3) is 0.696. The van der Waals surface area contributed by atoms with Crippen LogP contribution in [0.1, 0.15) is 59.8 Å². The lowest BCUT2D eigenvalue weighted by Gasteiger charge is -2.31. The molecule has 10 heteroatoms. The smallest absolute Gasteiger partial charge is 0.326 e. The summed E-state index contributed by atoms with van der Waals surface area (Å²) in [5.41, 5.74) is -1.20. The molecule has 33 heavy (non-hydrogen) atoms. The van der Waals surface area contributed by atoms with Crippen molar-refractivity contribution >= 4 is 29.5 Å². The number of Topliss-reactive ketones (excluding diaryl/α,β-unsaturated/α-hetero) is 1. The molecule has 188 valence electrons. The van der Waals surface area contributed by atoms with Gasteiger partial charge in [0.15, 0.2) is 11.7 Å². The van der Waals surface area contributed by atoms with E-state index in [4.69, 9.17) is 0 Å². The molecule has 2 amide bonds. The molecule has 0 aromatic heterocycles. The number of nitrogens with one attached hydrogen (secondary N) is 4. The largest absolute Gasteiger partial charge is 0.480 e. The Balaban J connectivity index is 5.54. The first-order valence-corrected chi connectivity index (χ1v) is 11.3. The number of carboxylic acids is 1. The number of amides is 2. The minimum atomic E-state index is -1.20. The Morgan fingerprint density at radius 1 is 1.18 bits per heavy atom. The highest BCUT2D eigenvalue weighted by Gasteiger charge is 2.37. The number of aliphatic imine (C=N–C) groups is 1. The van der Waals surface area contributed by atoms with Gasteiger partial charge in [-0.2, -0.15) is 0 Å². The molecule has 0 aliphatic carbocycles. The van der Waals surface area contributed by atoms with E-state index >= 15 is 0 Å². The van der Waals surface area contributed by atoms with Crippen LogP contribution in [0, 0.1) is 11.8 Å². The van der Waals surface area contributed by atoms with Crippen molar-refractivity contribution in [2.75, 3.05) is 20.6 Å². The number of nitrogens with zero attached hydrogens (tertiary/aromatic N) is 1. The molecule has 0 saturated carbocycles. The first kappa shape index (κ1) is 30.1. The summed E-state index contributed by atoms with van der Waals surface area (Å²) in [6.07, 6.45) is 2.76. The highest BCUT2D eigenvalue weighted by Crippen LogP contribution is 2.21. The van der Waals surface area contributed by atoms with Crippen LogP contribution >= 0.6 is 0 Å². The number of carbonyl (C=O) groups excluding carboxylic acids is 3. The van der Waals surface area contributed by atoms with Gasteiger partial charge in [0.1, 0.15) is 6.04 Å². The van der Waals surface area contributed by atoms with E-state index in [-0.39, 0.29) is 36.9 Å². The zero-order valence-corrected chi connectivity index (χ0v) is 20.8. The van der Waals surface area contributed by atoms with E-state index in [1.807, 2.05) is 0 Å². The van der Waals surface area contributed by atoms with E-state index in [1.54, 1.807) is 47.9 Å². The molecule has 0 heterocycles.